The topological polar surface area (TPSA) is 30.7 Å². The summed E-state index contributed by atoms with van der Waals surface area (Å²) >= 11 is 0. The highest BCUT2D eigenvalue weighted by Gasteiger charge is 2.17. The zero-order chi connectivity index (χ0) is 32.3. The number of hydrogen-bond donors (Lipinski definition) is 0. The highest BCUT2D eigenvalue weighted by molar-refractivity contribution is 6.24. The number of nitrogens with zero attached hydrogens (tertiary/aromatic N) is 3. The van der Waals surface area contributed by atoms with Gasteiger partial charge in [0.05, 0.1) is 22.2 Å². The molecule has 8 aromatic carbocycles. The van der Waals surface area contributed by atoms with Crippen LogP contribution in [0.2, 0.25) is 0 Å². The number of pyridine rings is 1. The molecule has 10 aromatic rings. The maximum absolute atomic E-state index is 5.25. The van der Waals surface area contributed by atoms with Crippen molar-refractivity contribution in [3.8, 4) is 39.5 Å². The molecule has 0 N–H and O–H groups in total. The van der Waals surface area contributed by atoms with Crippen LogP contribution in [0.25, 0.3) is 93.7 Å². The molecule has 0 atom stereocenters. The molecule has 0 aliphatic heterocycles. The Bertz CT molecular complexity index is 2880. The minimum atomic E-state index is 0.928. The predicted molar refractivity (Wildman–Crippen MR) is 205 cm³/mol. The Labute approximate surface area is 283 Å². The van der Waals surface area contributed by atoms with Crippen molar-refractivity contribution in [2.75, 3.05) is 0 Å². The minimum absolute atomic E-state index is 0.928. The van der Waals surface area contributed by atoms with E-state index in [9.17, 15) is 0 Å². The summed E-state index contributed by atoms with van der Waals surface area (Å²) < 4.78 is 2.26. The second kappa shape index (κ2) is 11.0. The summed E-state index contributed by atoms with van der Waals surface area (Å²) in [4.78, 5) is 10.4. The van der Waals surface area contributed by atoms with Crippen molar-refractivity contribution >= 4 is 54.3 Å². The lowest BCUT2D eigenvalue weighted by Crippen LogP contribution is -1.97. The van der Waals surface area contributed by atoms with Crippen molar-refractivity contribution in [2.45, 2.75) is 0 Å². The van der Waals surface area contributed by atoms with Gasteiger partial charge in [0.2, 0.25) is 0 Å². The van der Waals surface area contributed by atoms with Gasteiger partial charge in [-0.25, -0.2) is 9.97 Å². The molecule has 10 rings (SSSR count). The molecule has 0 saturated carbocycles. The summed E-state index contributed by atoms with van der Waals surface area (Å²) in [6.45, 7) is 0. The summed E-state index contributed by atoms with van der Waals surface area (Å²) in [5.74, 6) is 0.928. The quantitative estimate of drug-likeness (QED) is 0.183. The van der Waals surface area contributed by atoms with E-state index in [-0.39, 0.29) is 0 Å². The van der Waals surface area contributed by atoms with Crippen LogP contribution in [0.4, 0.5) is 0 Å². The molecule has 0 spiro atoms. The van der Waals surface area contributed by atoms with Crippen molar-refractivity contribution in [1.29, 1.82) is 0 Å². The van der Waals surface area contributed by atoms with E-state index in [0.29, 0.717) is 0 Å². The molecule has 0 saturated heterocycles. The van der Waals surface area contributed by atoms with Gasteiger partial charge in [-0.1, -0.05) is 133 Å². The van der Waals surface area contributed by atoms with Crippen molar-refractivity contribution in [1.82, 2.24) is 14.5 Å². The molecule has 2 heterocycles. The van der Waals surface area contributed by atoms with E-state index in [1.54, 1.807) is 0 Å². The molecular formula is C46H29N3. The summed E-state index contributed by atoms with van der Waals surface area (Å²) in [7, 11) is 0. The second-order valence-electron chi connectivity index (χ2n) is 12.6. The SMILES string of the molecule is c1ccc(-n2c(-c3cccc(-c4cccc5c4ccc4c(-c6ccc7ccccc7c6)nc6ccccc6c45)c3)nc3ccccc32)cc1. The average Bonchev–Trinajstić information content (AvgIpc) is 3.57. The fourth-order valence-corrected chi connectivity index (χ4v) is 7.50. The van der Waals surface area contributed by atoms with Crippen LogP contribution in [0.3, 0.4) is 0 Å². The molecule has 0 bridgehead atoms. The van der Waals surface area contributed by atoms with Crippen molar-refractivity contribution in [2.24, 2.45) is 0 Å². The molecule has 49 heavy (non-hydrogen) atoms. The predicted octanol–water partition coefficient (Wildman–Crippen LogP) is 12.0. The number of hydrogen-bond acceptors (Lipinski definition) is 2. The molecule has 0 fully saturated rings. The Morgan fingerprint density at radius 2 is 1.10 bits per heavy atom. The Morgan fingerprint density at radius 3 is 2.02 bits per heavy atom. The van der Waals surface area contributed by atoms with Gasteiger partial charge >= 0.3 is 0 Å². The lowest BCUT2D eigenvalue weighted by Gasteiger charge is -2.15. The second-order valence-corrected chi connectivity index (χ2v) is 12.6. The molecule has 0 unspecified atom stereocenters. The highest BCUT2D eigenvalue weighted by Crippen LogP contribution is 2.41. The number of fused-ring (bicyclic) bond motifs is 7. The van der Waals surface area contributed by atoms with Crippen molar-refractivity contribution < 1.29 is 0 Å². The molecule has 3 heteroatoms. The average molecular weight is 624 g/mol. The van der Waals surface area contributed by atoms with Gasteiger partial charge in [-0.15, -0.1) is 0 Å². The zero-order valence-corrected chi connectivity index (χ0v) is 26.6. The van der Waals surface area contributed by atoms with E-state index in [4.69, 9.17) is 9.97 Å². The van der Waals surface area contributed by atoms with Gasteiger partial charge in [-0.05, 0) is 75.1 Å². The largest absolute Gasteiger partial charge is 0.292 e. The van der Waals surface area contributed by atoms with Crippen LogP contribution in [0, 0.1) is 0 Å². The number of rotatable bonds is 4. The third-order valence-corrected chi connectivity index (χ3v) is 9.75. The number of imidazole rings is 1. The summed E-state index contributed by atoms with van der Waals surface area (Å²) in [5.41, 5.74) is 9.71. The van der Waals surface area contributed by atoms with E-state index >= 15 is 0 Å². The molecule has 3 nitrogen and oxygen atoms in total. The van der Waals surface area contributed by atoms with Crippen LogP contribution in [-0.2, 0) is 0 Å². The first kappa shape index (κ1) is 27.5. The molecule has 228 valence electrons. The van der Waals surface area contributed by atoms with Gasteiger partial charge in [-0.3, -0.25) is 4.57 Å². The first-order valence-electron chi connectivity index (χ1n) is 16.7. The molecule has 0 aliphatic rings. The summed E-state index contributed by atoms with van der Waals surface area (Å²) in [5, 5.41) is 8.43. The number of aromatic nitrogens is 3. The van der Waals surface area contributed by atoms with E-state index in [1.807, 2.05) is 0 Å². The lowest BCUT2D eigenvalue weighted by atomic mass is 9.91. The van der Waals surface area contributed by atoms with Gasteiger partial charge in [0.1, 0.15) is 5.82 Å². The standard InChI is InChI=1S/C46H29N3/c1-2-16-35(17-3-1)49-43-23-9-8-22-42(43)48-46(49)34-15-10-14-32(29-34)36-19-11-20-38-37(36)26-27-40-44(38)39-18-6-7-21-41(39)47-45(40)33-25-24-30-12-4-5-13-31(30)28-33/h1-29H. The third-order valence-electron chi connectivity index (χ3n) is 9.75. The van der Waals surface area contributed by atoms with E-state index in [2.05, 4.69) is 180 Å². The fourth-order valence-electron chi connectivity index (χ4n) is 7.50. The molecule has 0 aliphatic carbocycles. The Morgan fingerprint density at radius 1 is 0.388 bits per heavy atom. The molecule has 0 radical (unpaired) electrons. The smallest absolute Gasteiger partial charge is 0.145 e. The number of para-hydroxylation sites is 4. The first-order valence-corrected chi connectivity index (χ1v) is 16.7. The Balaban J connectivity index is 1.19. The molecule has 2 aromatic heterocycles. The van der Waals surface area contributed by atoms with Crippen molar-refractivity contribution in [3.05, 3.63) is 176 Å². The first-order chi connectivity index (χ1) is 24.3. The van der Waals surface area contributed by atoms with Crippen LogP contribution >= 0.6 is 0 Å². The van der Waals surface area contributed by atoms with Gasteiger partial charge in [0.25, 0.3) is 0 Å². The van der Waals surface area contributed by atoms with Gasteiger partial charge in [0, 0.05) is 33.0 Å². The third kappa shape index (κ3) is 4.44. The van der Waals surface area contributed by atoms with E-state index in [0.717, 1.165) is 61.2 Å². The Kier molecular flexibility index (Phi) is 6.18. The van der Waals surface area contributed by atoms with Crippen LogP contribution in [0.1, 0.15) is 0 Å². The fraction of sp³-hybridized carbons (Fsp3) is 0. The van der Waals surface area contributed by atoms with Gasteiger partial charge in [0.15, 0.2) is 0 Å². The van der Waals surface area contributed by atoms with Crippen molar-refractivity contribution in [3.63, 3.8) is 0 Å². The van der Waals surface area contributed by atoms with Gasteiger partial charge < -0.3 is 0 Å². The van der Waals surface area contributed by atoms with E-state index in [1.165, 1.54) is 32.5 Å². The number of benzene rings is 8. The molecule has 0 amide bonds. The van der Waals surface area contributed by atoms with Crippen LogP contribution in [0.5, 0.6) is 0 Å². The van der Waals surface area contributed by atoms with Gasteiger partial charge in [-0.2, -0.15) is 0 Å². The van der Waals surface area contributed by atoms with E-state index < -0.39 is 0 Å². The normalized spacial score (nSPS) is 11.7. The highest BCUT2D eigenvalue weighted by atomic mass is 15.1. The monoisotopic (exact) mass is 623 g/mol. The summed E-state index contributed by atoms with van der Waals surface area (Å²) in [6.07, 6.45) is 0. The summed E-state index contributed by atoms with van der Waals surface area (Å²) in [6, 6.07) is 62.6. The maximum atomic E-state index is 5.25. The lowest BCUT2D eigenvalue weighted by molar-refractivity contribution is 1.10. The van der Waals surface area contributed by atoms with Crippen LogP contribution < -0.4 is 0 Å². The maximum Gasteiger partial charge on any atom is 0.145 e. The van der Waals surface area contributed by atoms with Crippen LogP contribution in [0.15, 0.2) is 176 Å². The minimum Gasteiger partial charge on any atom is -0.292 e. The Hall–Kier alpha value is -6.58. The van der Waals surface area contributed by atoms with Crippen LogP contribution in [-0.4, -0.2) is 14.5 Å². The molecular weight excluding hydrogens is 595 g/mol. The zero-order valence-electron chi connectivity index (χ0n) is 26.6.